The molecule has 0 saturated heterocycles. The third-order valence-electron chi connectivity index (χ3n) is 2.27. The fourth-order valence-electron chi connectivity index (χ4n) is 1.62. The number of hydrogen-bond acceptors (Lipinski definition) is 3. The Bertz CT molecular complexity index is 229. The molecule has 0 N–H and O–H groups in total. The predicted octanol–water partition coefficient (Wildman–Crippen LogP) is 1.76. The van der Waals surface area contributed by atoms with Crippen LogP contribution in [0.5, 0.6) is 0 Å². The predicted molar refractivity (Wildman–Crippen MR) is 45.3 cm³/mol. The smallest absolute Gasteiger partial charge is 0.139 e. The van der Waals surface area contributed by atoms with E-state index in [0.717, 1.165) is 5.82 Å². The second-order valence-corrected chi connectivity index (χ2v) is 3.13. The first kappa shape index (κ1) is 7.65. The standard InChI is InChI=1S/C9H12N3/c1-2-4-8(5-3-1)9-11-6-10-7-12-9/h6-7H,1-5H2. The van der Waals surface area contributed by atoms with E-state index in [1.165, 1.54) is 38.0 Å². The lowest BCUT2D eigenvalue weighted by molar-refractivity contribution is 0.539. The van der Waals surface area contributed by atoms with Gasteiger partial charge in [-0.25, -0.2) is 15.0 Å². The van der Waals surface area contributed by atoms with Crippen molar-refractivity contribution in [3.05, 3.63) is 24.4 Å². The summed E-state index contributed by atoms with van der Waals surface area (Å²) >= 11 is 0. The van der Waals surface area contributed by atoms with Crippen LogP contribution in [-0.4, -0.2) is 15.0 Å². The number of nitrogens with zero attached hydrogens (tertiary/aromatic N) is 3. The molecule has 63 valence electrons. The average Bonchev–Trinajstić information content (AvgIpc) is 2.21. The van der Waals surface area contributed by atoms with Gasteiger partial charge in [-0.2, -0.15) is 0 Å². The maximum atomic E-state index is 4.14. The fraction of sp³-hybridized carbons (Fsp3) is 0.556. The quantitative estimate of drug-likeness (QED) is 0.631. The number of hydrogen-bond donors (Lipinski definition) is 0. The van der Waals surface area contributed by atoms with Crippen molar-refractivity contribution in [3.8, 4) is 0 Å². The minimum atomic E-state index is 0.907. The second-order valence-electron chi connectivity index (χ2n) is 3.13. The topological polar surface area (TPSA) is 38.7 Å². The molecule has 0 aromatic carbocycles. The zero-order chi connectivity index (χ0) is 8.23. The van der Waals surface area contributed by atoms with Gasteiger partial charge in [0, 0.05) is 5.92 Å². The van der Waals surface area contributed by atoms with E-state index in [0.29, 0.717) is 0 Å². The van der Waals surface area contributed by atoms with E-state index < -0.39 is 0 Å². The summed E-state index contributed by atoms with van der Waals surface area (Å²) in [6, 6.07) is 0. The van der Waals surface area contributed by atoms with Gasteiger partial charge in [-0.15, -0.1) is 0 Å². The van der Waals surface area contributed by atoms with Crippen LogP contribution >= 0.6 is 0 Å². The van der Waals surface area contributed by atoms with E-state index in [9.17, 15) is 0 Å². The molecule has 0 aliphatic heterocycles. The summed E-state index contributed by atoms with van der Waals surface area (Å²) in [5.74, 6) is 2.31. The molecule has 2 rings (SSSR count). The van der Waals surface area contributed by atoms with Crippen LogP contribution in [0.2, 0.25) is 0 Å². The molecule has 0 bridgehead atoms. The second kappa shape index (κ2) is 3.61. The van der Waals surface area contributed by atoms with Gasteiger partial charge in [-0.05, 0) is 12.8 Å². The van der Waals surface area contributed by atoms with Gasteiger partial charge in [0.05, 0.1) is 0 Å². The highest BCUT2D eigenvalue weighted by atomic mass is 15.0. The molecule has 1 aliphatic carbocycles. The van der Waals surface area contributed by atoms with Crippen LogP contribution in [-0.2, 0) is 0 Å². The third-order valence-corrected chi connectivity index (χ3v) is 2.27. The Morgan fingerprint density at radius 2 is 1.58 bits per heavy atom. The highest BCUT2D eigenvalue weighted by molar-refractivity contribution is 5.14. The van der Waals surface area contributed by atoms with Gasteiger partial charge in [0.1, 0.15) is 18.5 Å². The van der Waals surface area contributed by atoms with Crippen molar-refractivity contribution < 1.29 is 0 Å². The molecule has 1 fully saturated rings. The monoisotopic (exact) mass is 162 g/mol. The normalized spacial score (nSPS) is 19.3. The molecule has 0 atom stereocenters. The highest BCUT2D eigenvalue weighted by Crippen LogP contribution is 2.28. The van der Waals surface area contributed by atoms with Crippen molar-refractivity contribution in [1.29, 1.82) is 0 Å². The van der Waals surface area contributed by atoms with E-state index in [-0.39, 0.29) is 0 Å². The van der Waals surface area contributed by atoms with E-state index in [1.54, 1.807) is 12.7 Å². The van der Waals surface area contributed by atoms with Crippen molar-refractivity contribution in [2.75, 3.05) is 0 Å². The third kappa shape index (κ3) is 1.60. The molecular formula is C9H12N3. The van der Waals surface area contributed by atoms with Gasteiger partial charge >= 0.3 is 0 Å². The number of rotatable bonds is 1. The first-order valence-corrected chi connectivity index (χ1v) is 4.44. The van der Waals surface area contributed by atoms with Crippen LogP contribution in [0, 0.1) is 5.92 Å². The summed E-state index contributed by atoms with van der Waals surface area (Å²) in [7, 11) is 0. The van der Waals surface area contributed by atoms with E-state index in [2.05, 4.69) is 15.0 Å². The van der Waals surface area contributed by atoms with Gasteiger partial charge in [0.15, 0.2) is 0 Å². The molecule has 1 heterocycles. The van der Waals surface area contributed by atoms with Gasteiger partial charge in [-0.3, -0.25) is 0 Å². The zero-order valence-corrected chi connectivity index (χ0v) is 7.03. The minimum Gasteiger partial charge on any atom is -0.225 e. The first-order chi connectivity index (χ1) is 5.97. The lowest BCUT2D eigenvalue weighted by atomic mass is 9.89. The van der Waals surface area contributed by atoms with Gasteiger partial charge in [-0.1, -0.05) is 19.3 Å². The Hall–Kier alpha value is -0.990. The molecule has 1 aromatic heterocycles. The molecule has 1 aromatic rings. The molecule has 1 radical (unpaired) electrons. The number of aromatic nitrogens is 3. The van der Waals surface area contributed by atoms with Gasteiger partial charge in [0.2, 0.25) is 0 Å². The molecule has 0 unspecified atom stereocenters. The maximum Gasteiger partial charge on any atom is 0.139 e. The molecule has 0 amide bonds. The lowest BCUT2D eigenvalue weighted by Crippen LogP contribution is -2.09. The molecular weight excluding hydrogens is 150 g/mol. The highest BCUT2D eigenvalue weighted by Gasteiger charge is 2.17. The SMILES string of the molecule is c1ncnc([C]2CCCCC2)n1. The van der Waals surface area contributed by atoms with Crippen molar-refractivity contribution >= 4 is 0 Å². The summed E-state index contributed by atoms with van der Waals surface area (Å²) in [5, 5.41) is 0. The Kier molecular flexibility index (Phi) is 2.30. The Morgan fingerprint density at radius 3 is 2.25 bits per heavy atom. The van der Waals surface area contributed by atoms with Crippen molar-refractivity contribution in [1.82, 2.24) is 15.0 Å². The van der Waals surface area contributed by atoms with Crippen LogP contribution in [0.4, 0.5) is 0 Å². The van der Waals surface area contributed by atoms with Gasteiger partial charge < -0.3 is 0 Å². The minimum absolute atomic E-state index is 0.907. The molecule has 1 aliphatic rings. The first-order valence-electron chi connectivity index (χ1n) is 4.44. The van der Waals surface area contributed by atoms with Gasteiger partial charge in [0.25, 0.3) is 0 Å². The van der Waals surface area contributed by atoms with Crippen molar-refractivity contribution in [2.45, 2.75) is 32.1 Å². The largest absolute Gasteiger partial charge is 0.225 e. The van der Waals surface area contributed by atoms with Crippen molar-refractivity contribution in [2.24, 2.45) is 0 Å². The molecule has 12 heavy (non-hydrogen) atoms. The van der Waals surface area contributed by atoms with Crippen LogP contribution in [0.25, 0.3) is 0 Å². The molecule has 1 saturated carbocycles. The van der Waals surface area contributed by atoms with E-state index >= 15 is 0 Å². The summed E-state index contributed by atoms with van der Waals surface area (Å²) in [4.78, 5) is 12.1. The summed E-state index contributed by atoms with van der Waals surface area (Å²) < 4.78 is 0. The van der Waals surface area contributed by atoms with E-state index in [1.807, 2.05) is 0 Å². The van der Waals surface area contributed by atoms with Crippen molar-refractivity contribution in [3.63, 3.8) is 0 Å². The molecule has 3 nitrogen and oxygen atoms in total. The molecule has 0 spiro atoms. The fourth-order valence-corrected chi connectivity index (χ4v) is 1.62. The summed E-state index contributed by atoms with van der Waals surface area (Å²) in [5.41, 5.74) is 0. The Labute approximate surface area is 72.3 Å². The van der Waals surface area contributed by atoms with Crippen LogP contribution in [0.1, 0.15) is 37.9 Å². The summed E-state index contributed by atoms with van der Waals surface area (Å²) in [6.07, 6.45) is 9.43. The maximum absolute atomic E-state index is 4.14. The van der Waals surface area contributed by atoms with E-state index in [4.69, 9.17) is 0 Å². The Balaban J connectivity index is 2.08. The summed E-state index contributed by atoms with van der Waals surface area (Å²) in [6.45, 7) is 0. The average molecular weight is 162 g/mol. The van der Waals surface area contributed by atoms with Crippen LogP contribution < -0.4 is 0 Å². The van der Waals surface area contributed by atoms with Crippen LogP contribution in [0.3, 0.4) is 0 Å². The lowest BCUT2D eigenvalue weighted by Gasteiger charge is -2.18. The van der Waals surface area contributed by atoms with Crippen LogP contribution in [0.15, 0.2) is 12.7 Å². The zero-order valence-electron chi connectivity index (χ0n) is 7.03. The Morgan fingerprint density at radius 1 is 0.917 bits per heavy atom. The molecule has 3 heteroatoms.